The second kappa shape index (κ2) is 8.23. The molecule has 1 saturated heterocycles. The van der Waals surface area contributed by atoms with Crippen LogP contribution in [0.25, 0.3) is 22.4 Å². The lowest BCUT2D eigenvalue weighted by Crippen LogP contribution is -2.40. The highest BCUT2D eigenvalue weighted by atomic mass is 19.1. The molecule has 0 radical (unpaired) electrons. The van der Waals surface area contributed by atoms with Crippen LogP contribution in [0.5, 0.6) is 0 Å². The van der Waals surface area contributed by atoms with Crippen LogP contribution in [0.1, 0.15) is 24.2 Å². The molecule has 0 bridgehead atoms. The first kappa shape index (κ1) is 20.0. The molecule has 2 heterocycles. The molecule has 0 unspecified atom stereocenters. The van der Waals surface area contributed by atoms with Crippen molar-refractivity contribution in [1.29, 1.82) is 0 Å². The number of anilines is 1. The third kappa shape index (κ3) is 3.66. The number of aryl methyl sites for hydroxylation is 1. The van der Waals surface area contributed by atoms with Gasteiger partial charge in [-0.3, -0.25) is 9.59 Å². The minimum Gasteiger partial charge on any atom is -0.378 e. The van der Waals surface area contributed by atoms with Crippen LogP contribution in [0, 0.1) is 5.82 Å². The van der Waals surface area contributed by atoms with Crippen LogP contribution in [0.3, 0.4) is 0 Å². The summed E-state index contributed by atoms with van der Waals surface area (Å²) in [6.07, 6.45) is 0. The number of nitrogens with one attached hydrogen (secondary N) is 1. The fourth-order valence-corrected chi connectivity index (χ4v) is 3.80. The third-order valence-corrected chi connectivity index (χ3v) is 5.12. The van der Waals surface area contributed by atoms with E-state index in [2.05, 4.69) is 10.3 Å². The predicted molar refractivity (Wildman–Crippen MR) is 112 cm³/mol. The summed E-state index contributed by atoms with van der Waals surface area (Å²) in [6.45, 7) is 5.78. The van der Waals surface area contributed by atoms with Crippen molar-refractivity contribution in [2.75, 3.05) is 31.6 Å². The van der Waals surface area contributed by atoms with Crippen LogP contribution in [-0.2, 0) is 16.1 Å². The number of carbonyl (C=O) groups excluding carboxylic acids is 2. The van der Waals surface area contributed by atoms with Crippen molar-refractivity contribution < 1.29 is 18.7 Å². The summed E-state index contributed by atoms with van der Waals surface area (Å²) in [6, 6.07) is 9.81. The van der Waals surface area contributed by atoms with E-state index in [9.17, 15) is 14.0 Å². The molecule has 8 heteroatoms. The van der Waals surface area contributed by atoms with Gasteiger partial charge in [0.2, 0.25) is 5.91 Å². The van der Waals surface area contributed by atoms with Crippen LogP contribution in [0.2, 0.25) is 0 Å². The molecule has 0 atom stereocenters. The number of ether oxygens (including phenoxy) is 1. The molecule has 3 aromatic rings. The average Bonchev–Trinajstić information content (AvgIpc) is 3.11. The van der Waals surface area contributed by atoms with Crippen molar-refractivity contribution in [3.05, 3.63) is 47.8 Å². The summed E-state index contributed by atoms with van der Waals surface area (Å²) >= 11 is 0. The second-order valence-corrected chi connectivity index (χ2v) is 7.14. The number of benzene rings is 2. The SMILES string of the molecule is CCn1c(-c2ccccc2F)nc2cc(NC(C)=O)cc(C(=O)N3CCOCC3)c21. The van der Waals surface area contributed by atoms with Crippen molar-refractivity contribution in [3.8, 4) is 11.4 Å². The maximum Gasteiger partial charge on any atom is 0.256 e. The minimum absolute atomic E-state index is 0.162. The van der Waals surface area contributed by atoms with E-state index in [0.717, 1.165) is 0 Å². The lowest BCUT2D eigenvalue weighted by molar-refractivity contribution is -0.114. The predicted octanol–water partition coefficient (Wildman–Crippen LogP) is 3.29. The number of imidazole rings is 1. The first-order valence-electron chi connectivity index (χ1n) is 9.93. The lowest BCUT2D eigenvalue weighted by Gasteiger charge is -2.27. The molecule has 1 fully saturated rings. The Morgan fingerprint density at radius 2 is 1.93 bits per heavy atom. The van der Waals surface area contributed by atoms with Gasteiger partial charge in [0.15, 0.2) is 0 Å². The fraction of sp³-hybridized carbons (Fsp3) is 0.318. The topological polar surface area (TPSA) is 76.5 Å². The van der Waals surface area contributed by atoms with Crippen molar-refractivity contribution in [2.24, 2.45) is 0 Å². The Morgan fingerprint density at radius 1 is 1.20 bits per heavy atom. The first-order chi connectivity index (χ1) is 14.5. The number of hydrogen-bond acceptors (Lipinski definition) is 4. The fourth-order valence-electron chi connectivity index (χ4n) is 3.80. The zero-order valence-electron chi connectivity index (χ0n) is 16.9. The van der Waals surface area contributed by atoms with E-state index in [1.807, 2.05) is 11.5 Å². The Kier molecular flexibility index (Phi) is 5.50. The van der Waals surface area contributed by atoms with Crippen molar-refractivity contribution in [1.82, 2.24) is 14.5 Å². The summed E-state index contributed by atoms with van der Waals surface area (Å²) in [5, 5.41) is 2.74. The zero-order chi connectivity index (χ0) is 21.3. The van der Waals surface area contributed by atoms with E-state index in [1.54, 1.807) is 35.2 Å². The van der Waals surface area contributed by atoms with Gasteiger partial charge in [-0.15, -0.1) is 0 Å². The molecule has 1 aliphatic heterocycles. The highest BCUT2D eigenvalue weighted by molar-refractivity contribution is 6.08. The Labute approximate surface area is 173 Å². The monoisotopic (exact) mass is 410 g/mol. The highest BCUT2D eigenvalue weighted by Gasteiger charge is 2.25. The molecule has 0 aliphatic carbocycles. The van der Waals surface area contributed by atoms with E-state index < -0.39 is 0 Å². The summed E-state index contributed by atoms with van der Waals surface area (Å²) < 4.78 is 21.7. The average molecular weight is 410 g/mol. The number of fused-ring (bicyclic) bond motifs is 1. The number of morpholine rings is 1. The van der Waals surface area contributed by atoms with E-state index >= 15 is 0 Å². The van der Waals surface area contributed by atoms with Gasteiger partial charge in [-0.25, -0.2) is 9.37 Å². The Hall–Kier alpha value is -3.26. The Balaban J connectivity index is 1.94. The van der Waals surface area contributed by atoms with Crippen LogP contribution in [-0.4, -0.2) is 52.6 Å². The number of nitrogens with zero attached hydrogens (tertiary/aromatic N) is 3. The molecule has 0 spiro atoms. The van der Waals surface area contributed by atoms with Gasteiger partial charge in [0, 0.05) is 32.2 Å². The molecule has 1 N–H and O–H groups in total. The van der Waals surface area contributed by atoms with Crippen LogP contribution >= 0.6 is 0 Å². The molecule has 156 valence electrons. The van der Waals surface area contributed by atoms with Gasteiger partial charge in [0.05, 0.1) is 35.4 Å². The van der Waals surface area contributed by atoms with Gasteiger partial charge in [0.25, 0.3) is 5.91 Å². The zero-order valence-corrected chi connectivity index (χ0v) is 16.9. The summed E-state index contributed by atoms with van der Waals surface area (Å²) in [5.74, 6) is -0.346. The molecule has 4 rings (SSSR count). The van der Waals surface area contributed by atoms with Crippen LogP contribution in [0.4, 0.5) is 10.1 Å². The maximum atomic E-state index is 14.5. The van der Waals surface area contributed by atoms with E-state index in [4.69, 9.17) is 4.74 Å². The highest BCUT2D eigenvalue weighted by Crippen LogP contribution is 2.32. The van der Waals surface area contributed by atoms with E-state index in [0.29, 0.717) is 66.5 Å². The second-order valence-electron chi connectivity index (χ2n) is 7.14. The van der Waals surface area contributed by atoms with Gasteiger partial charge < -0.3 is 19.5 Å². The largest absolute Gasteiger partial charge is 0.378 e. The molecule has 1 aliphatic rings. The van der Waals surface area contributed by atoms with Crippen LogP contribution < -0.4 is 5.32 Å². The van der Waals surface area contributed by atoms with Crippen molar-refractivity contribution in [2.45, 2.75) is 20.4 Å². The van der Waals surface area contributed by atoms with Crippen molar-refractivity contribution >= 4 is 28.5 Å². The van der Waals surface area contributed by atoms with Gasteiger partial charge in [-0.2, -0.15) is 0 Å². The molecule has 7 nitrogen and oxygen atoms in total. The number of hydrogen-bond donors (Lipinski definition) is 1. The minimum atomic E-state index is -0.384. The van der Waals surface area contributed by atoms with Gasteiger partial charge in [-0.1, -0.05) is 12.1 Å². The normalized spacial score (nSPS) is 14.2. The van der Waals surface area contributed by atoms with Crippen molar-refractivity contribution in [3.63, 3.8) is 0 Å². The molecule has 2 amide bonds. The molecular weight excluding hydrogens is 387 g/mol. The van der Waals surface area contributed by atoms with Gasteiger partial charge in [0.1, 0.15) is 11.6 Å². The van der Waals surface area contributed by atoms with Gasteiger partial charge in [-0.05, 0) is 31.2 Å². The third-order valence-electron chi connectivity index (χ3n) is 5.12. The Bertz CT molecular complexity index is 1120. The van der Waals surface area contributed by atoms with Crippen LogP contribution in [0.15, 0.2) is 36.4 Å². The lowest BCUT2D eigenvalue weighted by atomic mass is 10.1. The number of aromatic nitrogens is 2. The number of carbonyl (C=O) groups is 2. The van der Waals surface area contributed by atoms with E-state index in [-0.39, 0.29) is 17.6 Å². The summed E-state index contributed by atoms with van der Waals surface area (Å²) in [5.41, 5.74) is 2.42. The quantitative estimate of drug-likeness (QED) is 0.716. The molecular formula is C22H23FN4O3. The number of amides is 2. The standard InChI is InChI=1S/C22H23FN4O3/c1-3-27-20-17(22(29)26-8-10-30-11-9-26)12-15(24-14(2)28)13-19(20)25-21(27)16-6-4-5-7-18(16)23/h4-7,12-13H,3,8-11H2,1-2H3,(H,24,28). The molecule has 2 aromatic carbocycles. The number of rotatable bonds is 4. The maximum absolute atomic E-state index is 14.5. The first-order valence-corrected chi connectivity index (χ1v) is 9.93. The molecule has 30 heavy (non-hydrogen) atoms. The Morgan fingerprint density at radius 3 is 2.60 bits per heavy atom. The molecule has 1 aromatic heterocycles. The molecule has 0 saturated carbocycles. The summed E-state index contributed by atoms with van der Waals surface area (Å²) in [4.78, 5) is 31.4. The summed E-state index contributed by atoms with van der Waals surface area (Å²) in [7, 11) is 0. The number of halogens is 1. The van der Waals surface area contributed by atoms with E-state index in [1.165, 1.54) is 13.0 Å². The smallest absolute Gasteiger partial charge is 0.256 e. The van der Waals surface area contributed by atoms with Gasteiger partial charge >= 0.3 is 0 Å².